The van der Waals surface area contributed by atoms with Gasteiger partial charge in [0, 0.05) is 5.56 Å². The lowest BCUT2D eigenvalue weighted by molar-refractivity contribution is 0.0526. The first-order valence-electron chi connectivity index (χ1n) is 9.23. The Labute approximate surface area is 159 Å². The minimum absolute atomic E-state index is 0.0443. The molecule has 0 radical (unpaired) electrons. The molecule has 27 heavy (non-hydrogen) atoms. The quantitative estimate of drug-likeness (QED) is 0.618. The molecule has 3 rings (SSSR count). The van der Waals surface area contributed by atoms with E-state index in [0.717, 1.165) is 29.5 Å². The van der Waals surface area contributed by atoms with E-state index in [4.69, 9.17) is 9.47 Å². The van der Waals surface area contributed by atoms with E-state index in [1.807, 2.05) is 6.07 Å². The predicted molar refractivity (Wildman–Crippen MR) is 105 cm³/mol. The molecular formula is C23H25FO3. The molecule has 2 aromatic carbocycles. The molecule has 0 unspecified atom stereocenters. The van der Waals surface area contributed by atoms with Gasteiger partial charge in [0.1, 0.15) is 11.6 Å². The zero-order valence-corrected chi connectivity index (χ0v) is 16.3. The van der Waals surface area contributed by atoms with Crippen LogP contribution in [0.15, 0.2) is 42.5 Å². The number of esters is 1. The van der Waals surface area contributed by atoms with Gasteiger partial charge in [-0.2, -0.15) is 0 Å². The predicted octanol–water partition coefficient (Wildman–Crippen LogP) is 5.88. The third-order valence-corrected chi connectivity index (χ3v) is 5.13. The molecule has 0 heterocycles. The molecule has 142 valence electrons. The molecular weight excluding hydrogens is 343 g/mol. The number of ether oxygens (including phenoxy) is 2. The van der Waals surface area contributed by atoms with Crippen LogP contribution in [0.1, 0.15) is 49.5 Å². The number of hydrogen-bond acceptors (Lipinski definition) is 3. The van der Waals surface area contributed by atoms with Crippen LogP contribution in [0.4, 0.5) is 4.39 Å². The van der Waals surface area contributed by atoms with E-state index in [1.165, 1.54) is 6.07 Å². The smallest absolute Gasteiger partial charge is 0.338 e. The Balaban J connectivity index is 2.21. The summed E-state index contributed by atoms with van der Waals surface area (Å²) in [6, 6.07) is 10.0. The molecule has 0 aliphatic heterocycles. The van der Waals surface area contributed by atoms with E-state index in [1.54, 1.807) is 38.3 Å². The highest BCUT2D eigenvalue weighted by Gasteiger charge is 2.30. The first kappa shape index (κ1) is 19.2. The molecule has 0 amide bonds. The average Bonchev–Trinajstić information content (AvgIpc) is 3.01. The molecule has 4 heteroatoms. The molecule has 0 saturated heterocycles. The maximum atomic E-state index is 14.7. The van der Waals surface area contributed by atoms with Crippen LogP contribution in [-0.2, 0) is 4.74 Å². The lowest BCUT2D eigenvalue weighted by Crippen LogP contribution is -2.11. The summed E-state index contributed by atoms with van der Waals surface area (Å²) in [6.45, 7) is 6.44. The van der Waals surface area contributed by atoms with Gasteiger partial charge in [-0.25, -0.2) is 9.18 Å². The Morgan fingerprint density at radius 1 is 1.11 bits per heavy atom. The van der Waals surface area contributed by atoms with Crippen LogP contribution in [0.2, 0.25) is 0 Å². The highest BCUT2D eigenvalue weighted by Crippen LogP contribution is 2.47. The van der Waals surface area contributed by atoms with Crippen LogP contribution in [0.3, 0.4) is 0 Å². The number of benzene rings is 2. The van der Waals surface area contributed by atoms with E-state index in [2.05, 4.69) is 19.9 Å². The molecule has 0 atom stereocenters. The number of carbonyl (C=O) groups excluding carboxylic acids is 1. The van der Waals surface area contributed by atoms with Crippen molar-refractivity contribution >= 4 is 11.5 Å². The molecule has 0 saturated carbocycles. The fourth-order valence-electron chi connectivity index (χ4n) is 3.64. The summed E-state index contributed by atoms with van der Waals surface area (Å²) < 4.78 is 25.1. The summed E-state index contributed by atoms with van der Waals surface area (Å²) >= 11 is 0. The van der Waals surface area contributed by atoms with Crippen molar-refractivity contribution in [2.75, 3.05) is 13.7 Å². The van der Waals surface area contributed by atoms with E-state index < -0.39 is 0 Å². The van der Waals surface area contributed by atoms with Crippen LogP contribution < -0.4 is 4.74 Å². The lowest BCUT2D eigenvalue weighted by atomic mass is 9.79. The van der Waals surface area contributed by atoms with Crippen molar-refractivity contribution in [3.63, 3.8) is 0 Å². The van der Waals surface area contributed by atoms with E-state index in [9.17, 15) is 9.18 Å². The SMILES string of the molecule is CCOC(=O)c1ccc(-c2cc(OC)ccc2F)c(C2=CCCC2(C)C)c1. The maximum absolute atomic E-state index is 14.7. The molecule has 0 N–H and O–H groups in total. The van der Waals surface area contributed by atoms with Gasteiger partial charge in [0.25, 0.3) is 0 Å². The minimum atomic E-state index is -0.368. The highest BCUT2D eigenvalue weighted by molar-refractivity contribution is 5.94. The van der Waals surface area contributed by atoms with Crippen LogP contribution in [0.5, 0.6) is 5.75 Å². The van der Waals surface area contributed by atoms with E-state index in [0.29, 0.717) is 23.5 Å². The van der Waals surface area contributed by atoms with E-state index >= 15 is 0 Å². The molecule has 0 aromatic heterocycles. The second-order valence-electron chi connectivity index (χ2n) is 7.37. The van der Waals surface area contributed by atoms with Crippen molar-refractivity contribution in [1.29, 1.82) is 0 Å². The number of rotatable bonds is 5. The summed E-state index contributed by atoms with van der Waals surface area (Å²) in [5.74, 6) is -0.100. The standard InChI is InChI=1S/C23H25FO3/c1-5-27-22(25)15-8-10-17(19-14-16(26-4)9-11-21(19)24)18(13-15)20-7-6-12-23(20,2)3/h7-11,13-14H,5-6,12H2,1-4H3. The molecule has 2 aromatic rings. The average molecular weight is 368 g/mol. The molecule has 0 bridgehead atoms. The summed E-state index contributed by atoms with van der Waals surface area (Å²) in [7, 11) is 1.56. The zero-order valence-electron chi connectivity index (χ0n) is 16.3. The highest BCUT2D eigenvalue weighted by atomic mass is 19.1. The van der Waals surface area contributed by atoms with Crippen LogP contribution >= 0.6 is 0 Å². The Kier molecular flexibility index (Phi) is 5.36. The van der Waals surface area contributed by atoms with Crippen molar-refractivity contribution in [2.45, 2.75) is 33.6 Å². The van der Waals surface area contributed by atoms with Crippen molar-refractivity contribution in [1.82, 2.24) is 0 Å². The fraction of sp³-hybridized carbons (Fsp3) is 0.348. The molecule has 0 fully saturated rings. The second kappa shape index (κ2) is 7.55. The molecule has 1 aliphatic carbocycles. The normalized spacial score (nSPS) is 15.4. The lowest BCUT2D eigenvalue weighted by Gasteiger charge is -2.25. The Bertz CT molecular complexity index is 896. The van der Waals surface area contributed by atoms with Gasteiger partial charge in [-0.3, -0.25) is 0 Å². The van der Waals surface area contributed by atoms with Crippen LogP contribution in [0, 0.1) is 11.2 Å². The Morgan fingerprint density at radius 2 is 1.89 bits per heavy atom. The Hall–Kier alpha value is -2.62. The van der Waals surface area contributed by atoms with Gasteiger partial charge in [0.2, 0.25) is 0 Å². The number of hydrogen-bond donors (Lipinski definition) is 0. The van der Waals surface area contributed by atoms with Gasteiger partial charge < -0.3 is 9.47 Å². The van der Waals surface area contributed by atoms with Gasteiger partial charge >= 0.3 is 5.97 Å². The zero-order chi connectivity index (χ0) is 19.6. The molecule has 1 aliphatic rings. The first-order valence-corrected chi connectivity index (χ1v) is 9.23. The largest absolute Gasteiger partial charge is 0.497 e. The summed E-state index contributed by atoms with van der Waals surface area (Å²) in [5.41, 5.74) is 3.64. The first-order chi connectivity index (χ1) is 12.9. The molecule has 0 spiro atoms. The minimum Gasteiger partial charge on any atom is -0.497 e. The summed E-state index contributed by atoms with van der Waals surface area (Å²) in [5, 5.41) is 0. The van der Waals surface area contributed by atoms with Crippen molar-refractivity contribution in [2.24, 2.45) is 5.41 Å². The van der Waals surface area contributed by atoms with Crippen molar-refractivity contribution < 1.29 is 18.7 Å². The third kappa shape index (κ3) is 3.75. The van der Waals surface area contributed by atoms with E-state index in [-0.39, 0.29) is 17.2 Å². The van der Waals surface area contributed by atoms with Crippen LogP contribution in [0.25, 0.3) is 16.7 Å². The number of methoxy groups -OCH3 is 1. The van der Waals surface area contributed by atoms with Gasteiger partial charge in [0.05, 0.1) is 19.3 Å². The monoisotopic (exact) mass is 368 g/mol. The number of allylic oxidation sites excluding steroid dienone is 2. The Morgan fingerprint density at radius 3 is 2.52 bits per heavy atom. The van der Waals surface area contributed by atoms with Gasteiger partial charge in [-0.15, -0.1) is 0 Å². The number of halogens is 1. The topological polar surface area (TPSA) is 35.5 Å². The molecule has 3 nitrogen and oxygen atoms in total. The van der Waals surface area contributed by atoms with Crippen molar-refractivity contribution in [3.8, 4) is 16.9 Å². The van der Waals surface area contributed by atoms with Gasteiger partial charge in [-0.05, 0) is 72.2 Å². The summed E-state index contributed by atoms with van der Waals surface area (Å²) in [4.78, 5) is 12.3. The number of carbonyl (C=O) groups is 1. The van der Waals surface area contributed by atoms with Gasteiger partial charge in [0.15, 0.2) is 0 Å². The van der Waals surface area contributed by atoms with Crippen LogP contribution in [-0.4, -0.2) is 19.7 Å². The van der Waals surface area contributed by atoms with Gasteiger partial charge in [-0.1, -0.05) is 26.0 Å². The maximum Gasteiger partial charge on any atom is 0.338 e. The second-order valence-corrected chi connectivity index (χ2v) is 7.37. The summed E-state index contributed by atoms with van der Waals surface area (Å²) in [6.07, 6.45) is 4.17. The fourth-order valence-corrected chi connectivity index (χ4v) is 3.64. The third-order valence-electron chi connectivity index (χ3n) is 5.13. The van der Waals surface area contributed by atoms with Crippen molar-refractivity contribution in [3.05, 3.63) is 59.4 Å².